The van der Waals surface area contributed by atoms with E-state index in [1.807, 2.05) is 31.2 Å². The minimum absolute atomic E-state index is 0.0451. The van der Waals surface area contributed by atoms with Crippen molar-refractivity contribution in [3.05, 3.63) is 35.4 Å². The second-order valence-electron chi connectivity index (χ2n) is 7.10. The van der Waals surface area contributed by atoms with Crippen molar-refractivity contribution in [1.82, 2.24) is 9.80 Å². The van der Waals surface area contributed by atoms with Crippen LogP contribution >= 0.6 is 0 Å². The first-order valence-electron chi connectivity index (χ1n) is 8.38. The molecule has 0 unspecified atom stereocenters. The van der Waals surface area contributed by atoms with Gasteiger partial charge in [0.2, 0.25) is 11.8 Å². The summed E-state index contributed by atoms with van der Waals surface area (Å²) in [7, 11) is 0. The maximum Gasteiger partial charge on any atom is 0.397 e. The highest BCUT2D eigenvalue weighted by atomic mass is 19.4. The second-order valence-corrected chi connectivity index (χ2v) is 7.10. The van der Waals surface area contributed by atoms with Gasteiger partial charge in [-0.05, 0) is 25.3 Å². The van der Waals surface area contributed by atoms with Gasteiger partial charge in [-0.15, -0.1) is 0 Å². The molecule has 2 fully saturated rings. The van der Waals surface area contributed by atoms with E-state index in [-0.39, 0.29) is 19.0 Å². The molecule has 0 saturated carbocycles. The maximum atomic E-state index is 12.8. The SMILES string of the molecule is Cc1cccc(CN2CC[C@]3(CCN(C(=O)CC(F)(F)F)C3)C2=O)c1. The van der Waals surface area contributed by atoms with E-state index in [1.54, 1.807) is 4.90 Å². The Hall–Kier alpha value is -2.05. The molecule has 0 aromatic heterocycles. The third kappa shape index (κ3) is 3.80. The van der Waals surface area contributed by atoms with Gasteiger partial charge in [-0.2, -0.15) is 13.2 Å². The van der Waals surface area contributed by atoms with Gasteiger partial charge in [-0.25, -0.2) is 0 Å². The summed E-state index contributed by atoms with van der Waals surface area (Å²) in [5.74, 6) is -0.981. The standard InChI is InChI=1S/C18H21F3N2O2/c1-13-3-2-4-14(9-13)11-22-7-5-17(16(22)25)6-8-23(12-17)15(24)10-18(19,20)21/h2-4,9H,5-8,10-12H2,1H3/t17-/m1/s1. The van der Waals surface area contributed by atoms with E-state index in [2.05, 4.69) is 0 Å². The van der Waals surface area contributed by atoms with Gasteiger partial charge < -0.3 is 9.80 Å². The van der Waals surface area contributed by atoms with Crippen LogP contribution in [0.5, 0.6) is 0 Å². The number of carbonyl (C=O) groups is 2. The van der Waals surface area contributed by atoms with Gasteiger partial charge in [0, 0.05) is 26.2 Å². The van der Waals surface area contributed by atoms with E-state index in [0.29, 0.717) is 25.9 Å². The van der Waals surface area contributed by atoms with E-state index >= 15 is 0 Å². The monoisotopic (exact) mass is 354 g/mol. The number of nitrogens with zero attached hydrogens (tertiary/aromatic N) is 2. The number of carbonyl (C=O) groups excluding carboxylic acids is 2. The Morgan fingerprint density at radius 1 is 1.24 bits per heavy atom. The molecule has 1 aromatic rings. The zero-order valence-corrected chi connectivity index (χ0v) is 14.1. The fourth-order valence-corrected chi connectivity index (χ4v) is 3.82. The van der Waals surface area contributed by atoms with E-state index < -0.39 is 23.9 Å². The lowest BCUT2D eigenvalue weighted by atomic mass is 9.85. The fourth-order valence-electron chi connectivity index (χ4n) is 3.82. The van der Waals surface area contributed by atoms with Crippen LogP contribution in [0.3, 0.4) is 0 Å². The molecule has 0 aliphatic carbocycles. The molecule has 25 heavy (non-hydrogen) atoms. The summed E-state index contributed by atoms with van der Waals surface area (Å²) < 4.78 is 37.3. The molecule has 4 nitrogen and oxygen atoms in total. The van der Waals surface area contributed by atoms with Crippen LogP contribution in [-0.4, -0.2) is 47.4 Å². The molecule has 2 aliphatic rings. The van der Waals surface area contributed by atoms with Crippen LogP contribution in [-0.2, 0) is 16.1 Å². The summed E-state index contributed by atoms with van der Waals surface area (Å²) in [6, 6.07) is 7.90. The van der Waals surface area contributed by atoms with Gasteiger partial charge in [0.25, 0.3) is 0 Å². The van der Waals surface area contributed by atoms with Gasteiger partial charge in [0.15, 0.2) is 0 Å². The van der Waals surface area contributed by atoms with Crippen LogP contribution in [0.2, 0.25) is 0 Å². The summed E-state index contributed by atoms with van der Waals surface area (Å²) in [6.07, 6.45) is -4.93. The number of amides is 2. The fraction of sp³-hybridized carbons (Fsp3) is 0.556. The van der Waals surface area contributed by atoms with Crippen LogP contribution in [0.1, 0.15) is 30.4 Å². The smallest absolute Gasteiger partial charge is 0.341 e. The number of alkyl halides is 3. The Morgan fingerprint density at radius 3 is 2.64 bits per heavy atom. The second kappa shape index (κ2) is 6.35. The first kappa shape index (κ1) is 17.8. The molecule has 0 bridgehead atoms. The average Bonchev–Trinajstić information content (AvgIpc) is 3.06. The molecule has 1 spiro atoms. The highest BCUT2D eigenvalue weighted by Crippen LogP contribution is 2.41. The van der Waals surface area contributed by atoms with Crippen LogP contribution in [0, 0.1) is 12.3 Å². The summed E-state index contributed by atoms with van der Waals surface area (Å²) in [5, 5.41) is 0. The summed E-state index contributed by atoms with van der Waals surface area (Å²) in [6.45, 7) is 3.38. The molecule has 136 valence electrons. The van der Waals surface area contributed by atoms with Crippen LogP contribution < -0.4 is 0 Å². The quantitative estimate of drug-likeness (QED) is 0.837. The molecular weight excluding hydrogens is 333 g/mol. The lowest BCUT2D eigenvalue weighted by molar-refractivity contribution is -0.160. The molecule has 2 saturated heterocycles. The van der Waals surface area contributed by atoms with E-state index in [0.717, 1.165) is 11.1 Å². The number of aryl methyl sites for hydroxylation is 1. The molecule has 1 atom stereocenters. The van der Waals surface area contributed by atoms with Gasteiger partial charge in [-0.3, -0.25) is 9.59 Å². The van der Waals surface area contributed by atoms with E-state index in [9.17, 15) is 22.8 Å². The number of rotatable bonds is 3. The first-order chi connectivity index (χ1) is 11.7. The minimum Gasteiger partial charge on any atom is -0.341 e. The molecule has 2 aliphatic heterocycles. The third-order valence-electron chi connectivity index (χ3n) is 5.12. The average molecular weight is 354 g/mol. The number of halogens is 3. The molecule has 3 rings (SSSR count). The third-order valence-corrected chi connectivity index (χ3v) is 5.12. The number of benzene rings is 1. The molecule has 1 aromatic carbocycles. The largest absolute Gasteiger partial charge is 0.397 e. The Bertz CT molecular complexity index is 689. The molecule has 7 heteroatoms. The number of likely N-dealkylation sites (tertiary alicyclic amines) is 2. The molecule has 2 amide bonds. The van der Waals surface area contributed by atoms with Crippen LogP contribution in [0.4, 0.5) is 13.2 Å². The molecule has 0 radical (unpaired) electrons. The van der Waals surface area contributed by atoms with E-state index in [1.165, 1.54) is 4.90 Å². The Balaban J connectivity index is 1.64. The van der Waals surface area contributed by atoms with Crippen molar-refractivity contribution in [3.63, 3.8) is 0 Å². The van der Waals surface area contributed by atoms with Crippen LogP contribution in [0.25, 0.3) is 0 Å². The van der Waals surface area contributed by atoms with Crippen molar-refractivity contribution in [2.45, 2.75) is 38.9 Å². The first-order valence-corrected chi connectivity index (χ1v) is 8.38. The van der Waals surface area contributed by atoms with Crippen LogP contribution in [0.15, 0.2) is 24.3 Å². The normalized spacial score (nSPS) is 23.8. The summed E-state index contributed by atoms with van der Waals surface area (Å²) in [4.78, 5) is 27.6. The lowest BCUT2D eigenvalue weighted by Gasteiger charge is -2.24. The predicted octanol–water partition coefficient (Wildman–Crippen LogP) is 2.90. The van der Waals surface area contributed by atoms with Crippen molar-refractivity contribution < 1.29 is 22.8 Å². The maximum absolute atomic E-state index is 12.8. The Labute approximate surface area is 144 Å². The molecule has 0 N–H and O–H groups in total. The summed E-state index contributed by atoms with van der Waals surface area (Å²) in [5.41, 5.74) is 1.45. The van der Waals surface area contributed by atoms with E-state index in [4.69, 9.17) is 0 Å². The number of hydrogen-bond donors (Lipinski definition) is 0. The molecule has 2 heterocycles. The zero-order chi connectivity index (χ0) is 18.2. The Morgan fingerprint density at radius 2 is 1.96 bits per heavy atom. The van der Waals surface area contributed by atoms with Gasteiger partial charge in [-0.1, -0.05) is 29.8 Å². The predicted molar refractivity (Wildman–Crippen MR) is 85.5 cm³/mol. The topological polar surface area (TPSA) is 40.6 Å². The van der Waals surface area contributed by atoms with Gasteiger partial charge in [0.1, 0.15) is 6.42 Å². The Kier molecular flexibility index (Phi) is 4.51. The highest BCUT2D eigenvalue weighted by Gasteiger charge is 2.52. The van der Waals surface area contributed by atoms with Gasteiger partial charge >= 0.3 is 6.18 Å². The van der Waals surface area contributed by atoms with Crippen molar-refractivity contribution in [3.8, 4) is 0 Å². The lowest BCUT2D eigenvalue weighted by Crippen LogP contribution is -2.39. The van der Waals surface area contributed by atoms with Crippen molar-refractivity contribution in [2.24, 2.45) is 5.41 Å². The van der Waals surface area contributed by atoms with Gasteiger partial charge in [0.05, 0.1) is 5.41 Å². The van der Waals surface area contributed by atoms with Crippen molar-refractivity contribution in [2.75, 3.05) is 19.6 Å². The minimum atomic E-state index is -4.51. The highest BCUT2D eigenvalue weighted by molar-refractivity contribution is 5.87. The number of hydrogen-bond acceptors (Lipinski definition) is 2. The molecular formula is C18H21F3N2O2. The van der Waals surface area contributed by atoms with Crippen molar-refractivity contribution in [1.29, 1.82) is 0 Å². The van der Waals surface area contributed by atoms with Crippen molar-refractivity contribution >= 4 is 11.8 Å². The summed E-state index contributed by atoms with van der Waals surface area (Å²) >= 11 is 0. The zero-order valence-electron chi connectivity index (χ0n) is 14.1.